The molecule has 0 aliphatic rings. The molecule has 30 heavy (non-hydrogen) atoms. The SMILES string of the molecule is Cn1ncnc1Nc1cc(-c2ccn3c(Cc4ccc(Cl)cc4)nnc3c2)ccn1. The van der Waals surface area contributed by atoms with E-state index < -0.39 is 0 Å². The van der Waals surface area contributed by atoms with Crippen LogP contribution in [0.15, 0.2) is 67.3 Å². The van der Waals surface area contributed by atoms with Gasteiger partial charge in [-0.2, -0.15) is 10.1 Å². The Labute approximate surface area is 177 Å². The van der Waals surface area contributed by atoms with Gasteiger partial charge in [0.15, 0.2) is 5.65 Å². The molecule has 1 N–H and O–H groups in total. The number of fused-ring (bicyclic) bond motifs is 1. The molecule has 5 rings (SSSR count). The molecule has 0 aliphatic carbocycles. The van der Waals surface area contributed by atoms with Gasteiger partial charge in [0.05, 0.1) is 0 Å². The second-order valence-electron chi connectivity index (χ2n) is 6.83. The average molecular weight is 417 g/mol. The van der Waals surface area contributed by atoms with Crippen molar-refractivity contribution in [3.05, 3.63) is 83.7 Å². The lowest BCUT2D eigenvalue weighted by atomic mass is 10.1. The van der Waals surface area contributed by atoms with Gasteiger partial charge in [-0.15, -0.1) is 10.2 Å². The van der Waals surface area contributed by atoms with E-state index in [-0.39, 0.29) is 0 Å². The van der Waals surface area contributed by atoms with Crippen molar-refractivity contribution in [2.45, 2.75) is 6.42 Å². The van der Waals surface area contributed by atoms with Crippen LogP contribution in [0, 0.1) is 0 Å². The fourth-order valence-electron chi connectivity index (χ4n) is 3.23. The van der Waals surface area contributed by atoms with Gasteiger partial charge in [-0.3, -0.25) is 4.40 Å². The Morgan fingerprint density at radius 3 is 2.60 bits per heavy atom. The molecule has 5 aromatic rings. The van der Waals surface area contributed by atoms with E-state index in [1.807, 2.05) is 66.2 Å². The first kappa shape index (κ1) is 18.3. The third-order valence-electron chi connectivity index (χ3n) is 4.80. The predicted molar refractivity (Wildman–Crippen MR) is 115 cm³/mol. The summed E-state index contributed by atoms with van der Waals surface area (Å²) in [6.07, 6.45) is 5.92. The molecule has 0 atom stereocenters. The number of nitrogens with zero attached hydrogens (tertiary/aromatic N) is 7. The summed E-state index contributed by atoms with van der Waals surface area (Å²) in [7, 11) is 1.82. The zero-order chi connectivity index (χ0) is 20.5. The van der Waals surface area contributed by atoms with Crippen LogP contribution < -0.4 is 5.32 Å². The normalized spacial score (nSPS) is 11.1. The first-order chi connectivity index (χ1) is 14.7. The smallest absolute Gasteiger partial charge is 0.226 e. The minimum Gasteiger partial charge on any atom is -0.309 e. The lowest BCUT2D eigenvalue weighted by molar-refractivity contribution is 0.775. The molecule has 0 spiro atoms. The molecule has 0 saturated carbocycles. The highest BCUT2D eigenvalue weighted by Crippen LogP contribution is 2.24. The van der Waals surface area contributed by atoms with Gasteiger partial charge >= 0.3 is 0 Å². The van der Waals surface area contributed by atoms with Crippen molar-refractivity contribution in [3.8, 4) is 11.1 Å². The van der Waals surface area contributed by atoms with Crippen LogP contribution >= 0.6 is 11.6 Å². The summed E-state index contributed by atoms with van der Waals surface area (Å²) in [5.41, 5.74) is 3.96. The van der Waals surface area contributed by atoms with Crippen molar-refractivity contribution in [1.29, 1.82) is 0 Å². The van der Waals surface area contributed by atoms with Gasteiger partial charge in [0.1, 0.15) is 18.0 Å². The second kappa shape index (κ2) is 7.57. The molecule has 0 fully saturated rings. The largest absolute Gasteiger partial charge is 0.309 e. The third kappa shape index (κ3) is 3.60. The molecule has 4 heterocycles. The van der Waals surface area contributed by atoms with E-state index in [2.05, 4.69) is 30.6 Å². The molecule has 4 aromatic heterocycles. The van der Waals surface area contributed by atoms with Crippen LogP contribution in [0.5, 0.6) is 0 Å². The van der Waals surface area contributed by atoms with E-state index in [4.69, 9.17) is 11.6 Å². The Hall–Kier alpha value is -3.78. The maximum Gasteiger partial charge on any atom is 0.226 e. The van der Waals surface area contributed by atoms with Gasteiger partial charge in [0, 0.05) is 30.9 Å². The van der Waals surface area contributed by atoms with Gasteiger partial charge in [-0.1, -0.05) is 23.7 Å². The number of anilines is 2. The molecule has 0 saturated heterocycles. The summed E-state index contributed by atoms with van der Waals surface area (Å²) < 4.78 is 3.65. The van der Waals surface area contributed by atoms with Gasteiger partial charge in [-0.25, -0.2) is 9.67 Å². The predicted octanol–water partition coefficient (Wildman–Crippen LogP) is 3.91. The zero-order valence-electron chi connectivity index (χ0n) is 16.1. The number of pyridine rings is 2. The standard InChI is InChI=1S/C21H17ClN8/c1-29-21(24-13-25-29)26-18-11-15(6-8-23-18)16-7-9-30-19(27-28-20(30)12-16)10-14-2-4-17(22)5-3-14/h2-9,11-13H,10H2,1H3,(H,23,24,25,26). The number of halogens is 1. The Morgan fingerprint density at radius 2 is 1.80 bits per heavy atom. The molecule has 0 radical (unpaired) electrons. The van der Waals surface area contributed by atoms with Crippen molar-refractivity contribution < 1.29 is 0 Å². The number of rotatable bonds is 5. The maximum absolute atomic E-state index is 5.97. The van der Waals surface area contributed by atoms with Crippen LogP contribution in [0.4, 0.5) is 11.8 Å². The maximum atomic E-state index is 5.97. The van der Waals surface area contributed by atoms with E-state index in [0.717, 1.165) is 33.2 Å². The molecule has 148 valence electrons. The van der Waals surface area contributed by atoms with Crippen molar-refractivity contribution >= 4 is 29.0 Å². The third-order valence-corrected chi connectivity index (χ3v) is 5.05. The summed E-state index contributed by atoms with van der Waals surface area (Å²) >= 11 is 5.97. The molecule has 0 bridgehead atoms. The van der Waals surface area contributed by atoms with E-state index in [1.165, 1.54) is 6.33 Å². The van der Waals surface area contributed by atoms with E-state index in [9.17, 15) is 0 Å². The fourth-order valence-corrected chi connectivity index (χ4v) is 3.35. The number of aromatic nitrogens is 7. The van der Waals surface area contributed by atoms with Gasteiger partial charge in [-0.05, 0) is 53.1 Å². The zero-order valence-corrected chi connectivity index (χ0v) is 16.8. The summed E-state index contributed by atoms with van der Waals surface area (Å²) in [5, 5.41) is 16.7. The second-order valence-corrected chi connectivity index (χ2v) is 7.26. The van der Waals surface area contributed by atoms with Crippen LogP contribution in [0.25, 0.3) is 16.8 Å². The highest BCUT2D eigenvalue weighted by molar-refractivity contribution is 6.30. The summed E-state index contributed by atoms with van der Waals surface area (Å²) in [4.78, 5) is 8.53. The van der Waals surface area contributed by atoms with Crippen LogP contribution in [-0.4, -0.2) is 34.3 Å². The monoisotopic (exact) mass is 416 g/mol. The number of hydrogen-bond acceptors (Lipinski definition) is 6. The number of aryl methyl sites for hydroxylation is 1. The minimum atomic E-state index is 0.624. The summed E-state index contributed by atoms with van der Waals surface area (Å²) in [6, 6.07) is 15.7. The van der Waals surface area contributed by atoms with Crippen LogP contribution in [0.1, 0.15) is 11.4 Å². The average Bonchev–Trinajstić information content (AvgIpc) is 3.35. The molecule has 0 unspecified atom stereocenters. The van der Waals surface area contributed by atoms with E-state index in [1.54, 1.807) is 10.9 Å². The van der Waals surface area contributed by atoms with Crippen molar-refractivity contribution in [3.63, 3.8) is 0 Å². The Balaban J connectivity index is 1.42. The minimum absolute atomic E-state index is 0.624. The van der Waals surface area contributed by atoms with E-state index >= 15 is 0 Å². The Bertz CT molecular complexity index is 1320. The number of benzene rings is 1. The van der Waals surface area contributed by atoms with Gasteiger partial charge in [0.2, 0.25) is 5.95 Å². The van der Waals surface area contributed by atoms with Crippen LogP contribution in [-0.2, 0) is 13.5 Å². The molecule has 0 aliphatic heterocycles. The van der Waals surface area contributed by atoms with E-state index in [0.29, 0.717) is 18.2 Å². The molecular formula is C21H17ClN8. The summed E-state index contributed by atoms with van der Waals surface area (Å²) in [5.74, 6) is 2.19. The first-order valence-electron chi connectivity index (χ1n) is 9.31. The van der Waals surface area contributed by atoms with Crippen LogP contribution in [0.3, 0.4) is 0 Å². The Morgan fingerprint density at radius 1 is 0.967 bits per heavy atom. The van der Waals surface area contributed by atoms with Crippen molar-refractivity contribution in [2.24, 2.45) is 7.05 Å². The van der Waals surface area contributed by atoms with Gasteiger partial charge in [0.25, 0.3) is 0 Å². The Kier molecular flexibility index (Phi) is 4.61. The lowest BCUT2D eigenvalue weighted by Crippen LogP contribution is -2.01. The lowest BCUT2D eigenvalue weighted by Gasteiger charge is -2.07. The molecule has 8 nitrogen and oxygen atoms in total. The highest BCUT2D eigenvalue weighted by Gasteiger charge is 2.09. The topological polar surface area (TPSA) is 85.8 Å². The number of nitrogens with one attached hydrogen (secondary N) is 1. The highest BCUT2D eigenvalue weighted by atomic mass is 35.5. The molecular weight excluding hydrogens is 400 g/mol. The first-order valence-corrected chi connectivity index (χ1v) is 9.69. The fraction of sp³-hybridized carbons (Fsp3) is 0.0952. The van der Waals surface area contributed by atoms with Crippen molar-refractivity contribution in [1.82, 2.24) is 34.3 Å². The summed E-state index contributed by atoms with van der Waals surface area (Å²) in [6.45, 7) is 0. The van der Waals surface area contributed by atoms with Crippen LogP contribution in [0.2, 0.25) is 5.02 Å². The van der Waals surface area contributed by atoms with Crippen molar-refractivity contribution in [2.75, 3.05) is 5.32 Å². The number of hydrogen-bond donors (Lipinski definition) is 1. The van der Waals surface area contributed by atoms with Gasteiger partial charge < -0.3 is 5.32 Å². The quantitative estimate of drug-likeness (QED) is 0.467. The molecule has 9 heteroatoms. The molecule has 0 amide bonds. The molecule has 1 aromatic carbocycles.